The highest BCUT2D eigenvalue weighted by Gasteiger charge is 2.06. The Kier molecular flexibility index (Phi) is 2.97. The number of carboxylic acids is 1. The van der Waals surface area contributed by atoms with Crippen molar-refractivity contribution in [2.45, 2.75) is 0 Å². The molecule has 0 fully saturated rings. The van der Waals surface area contributed by atoms with E-state index in [4.69, 9.17) is 22.4 Å². The fourth-order valence-electron chi connectivity index (χ4n) is 1.44. The Morgan fingerprint density at radius 3 is 2.71 bits per heavy atom. The number of benzene rings is 1. The van der Waals surface area contributed by atoms with Gasteiger partial charge in [-0.25, -0.2) is 9.78 Å². The van der Waals surface area contributed by atoms with Crippen molar-refractivity contribution in [1.82, 2.24) is 4.98 Å². The average molecular weight is 249 g/mol. The van der Waals surface area contributed by atoms with Gasteiger partial charge >= 0.3 is 5.97 Å². The smallest absolute Gasteiger partial charge is 0.335 e. The van der Waals surface area contributed by atoms with E-state index < -0.39 is 5.97 Å². The lowest BCUT2D eigenvalue weighted by atomic mass is 10.0. The minimum absolute atomic E-state index is 0.218. The average Bonchev–Trinajstić information content (AvgIpc) is 2.33. The fraction of sp³-hybridized carbons (Fsp3) is 0. The van der Waals surface area contributed by atoms with Crippen LogP contribution in [0.25, 0.3) is 11.1 Å². The Balaban J connectivity index is 2.49. The van der Waals surface area contributed by atoms with E-state index in [0.29, 0.717) is 5.02 Å². The number of pyridine rings is 1. The second kappa shape index (κ2) is 4.43. The molecule has 0 amide bonds. The molecule has 5 heteroatoms. The summed E-state index contributed by atoms with van der Waals surface area (Å²) in [5.41, 5.74) is 7.19. The van der Waals surface area contributed by atoms with Crippen LogP contribution in [-0.2, 0) is 0 Å². The molecule has 0 atom stereocenters. The number of carboxylic acid groups (broad SMARTS) is 1. The largest absolute Gasteiger partial charge is 0.478 e. The number of nitrogen functional groups attached to an aromatic ring is 1. The Hall–Kier alpha value is -2.07. The highest BCUT2D eigenvalue weighted by molar-refractivity contribution is 6.33. The standard InChI is InChI=1S/C12H9ClN2O2/c13-10-5-9(6-15-11(10)14)7-2-1-3-8(4-7)12(16)17/h1-6H,(H2,14,15)(H,16,17). The van der Waals surface area contributed by atoms with Crippen LogP contribution in [0.15, 0.2) is 36.5 Å². The number of hydrogen-bond acceptors (Lipinski definition) is 3. The molecule has 2 aromatic rings. The van der Waals surface area contributed by atoms with Gasteiger partial charge < -0.3 is 10.8 Å². The summed E-state index contributed by atoms with van der Waals surface area (Å²) in [7, 11) is 0. The van der Waals surface area contributed by atoms with Crippen LogP contribution in [0.1, 0.15) is 10.4 Å². The first-order valence-electron chi connectivity index (χ1n) is 4.82. The van der Waals surface area contributed by atoms with Crippen LogP contribution in [0, 0.1) is 0 Å². The number of rotatable bonds is 2. The normalized spacial score (nSPS) is 10.2. The van der Waals surface area contributed by atoms with Crippen LogP contribution in [-0.4, -0.2) is 16.1 Å². The monoisotopic (exact) mass is 248 g/mol. The van der Waals surface area contributed by atoms with E-state index in [1.165, 1.54) is 6.07 Å². The number of halogens is 1. The third kappa shape index (κ3) is 2.37. The lowest BCUT2D eigenvalue weighted by Gasteiger charge is -2.04. The molecule has 4 nitrogen and oxygen atoms in total. The van der Waals surface area contributed by atoms with E-state index in [2.05, 4.69) is 4.98 Å². The highest BCUT2D eigenvalue weighted by Crippen LogP contribution is 2.25. The minimum Gasteiger partial charge on any atom is -0.478 e. The van der Waals surface area contributed by atoms with Crippen molar-refractivity contribution in [2.24, 2.45) is 0 Å². The molecule has 0 aliphatic heterocycles. The molecule has 1 aromatic carbocycles. The molecular formula is C12H9ClN2O2. The summed E-state index contributed by atoms with van der Waals surface area (Å²) in [4.78, 5) is 14.8. The Morgan fingerprint density at radius 1 is 1.29 bits per heavy atom. The van der Waals surface area contributed by atoms with Crippen molar-refractivity contribution < 1.29 is 9.90 Å². The number of aromatic carboxylic acids is 1. The van der Waals surface area contributed by atoms with Crippen molar-refractivity contribution in [3.63, 3.8) is 0 Å². The fourth-order valence-corrected chi connectivity index (χ4v) is 1.60. The van der Waals surface area contributed by atoms with Gasteiger partial charge in [0, 0.05) is 11.8 Å². The van der Waals surface area contributed by atoms with Gasteiger partial charge in [0.25, 0.3) is 0 Å². The molecule has 0 aliphatic rings. The second-order valence-corrected chi connectivity index (χ2v) is 3.88. The lowest BCUT2D eigenvalue weighted by molar-refractivity contribution is 0.0697. The predicted octanol–water partition coefficient (Wildman–Crippen LogP) is 2.68. The first-order chi connectivity index (χ1) is 8.08. The van der Waals surface area contributed by atoms with E-state index in [0.717, 1.165) is 11.1 Å². The van der Waals surface area contributed by atoms with Gasteiger partial charge in [-0.3, -0.25) is 0 Å². The van der Waals surface area contributed by atoms with Crippen LogP contribution in [0.2, 0.25) is 5.02 Å². The molecule has 86 valence electrons. The molecule has 0 saturated carbocycles. The van der Waals surface area contributed by atoms with Crippen LogP contribution in [0.4, 0.5) is 5.82 Å². The maximum absolute atomic E-state index is 10.8. The molecule has 17 heavy (non-hydrogen) atoms. The summed E-state index contributed by atoms with van der Waals surface area (Å²) in [5.74, 6) is -0.717. The highest BCUT2D eigenvalue weighted by atomic mass is 35.5. The quantitative estimate of drug-likeness (QED) is 0.857. The van der Waals surface area contributed by atoms with Gasteiger partial charge in [-0.1, -0.05) is 23.7 Å². The SMILES string of the molecule is Nc1ncc(-c2cccc(C(=O)O)c2)cc1Cl. The van der Waals surface area contributed by atoms with Gasteiger partial charge in [-0.15, -0.1) is 0 Å². The van der Waals surface area contributed by atoms with Crippen LogP contribution in [0.5, 0.6) is 0 Å². The minimum atomic E-state index is -0.971. The van der Waals surface area contributed by atoms with Gasteiger partial charge in [0.2, 0.25) is 0 Å². The summed E-state index contributed by atoms with van der Waals surface area (Å²) >= 11 is 5.86. The number of carbonyl (C=O) groups is 1. The van der Waals surface area contributed by atoms with Gasteiger partial charge in [-0.05, 0) is 23.8 Å². The van der Waals surface area contributed by atoms with Gasteiger partial charge in [0.05, 0.1) is 10.6 Å². The van der Waals surface area contributed by atoms with Gasteiger partial charge in [-0.2, -0.15) is 0 Å². The Bertz CT molecular complexity index is 584. The number of aromatic nitrogens is 1. The zero-order chi connectivity index (χ0) is 12.4. The summed E-state index contributed by atoms with van der Waals surface area (Å²) < 4.78 is 0. The molecule has 0 unspecified atom stereocenters. The molecule has 2 rings (SSSR count). The van der Waals surface area contributed by atoms with E-state index in [-0.39, 0.29) is 11.4 Å². The number of hydrogen-bond donors (Lipinski definition) is 2. The Morgan fingerprint density at radius 2 is 2.06 bits per heavy atom. The van der Waals surface area contributed by atoms with Crippen LogP contribution < -0.4 is 5.73 Å². The lowest BCUT2D eigenvalue weighted by Crippen LogP contribution is -1.96. The maximum atomic E-state index is 10.8. The molecular weight excluding hydrogens is 240 g/mol. The van der Waals surface area contributed by atoms with Gasteiger partial charge in [0.1, 0.15) is 5.82 Å². The molecule has 0 bridgehead atoms. The van der Waals surface area contributed by atoms with Crippen molar-refractivity contribution in [2.75, 3.05) is 5.73 Å². The summed E-state index contributed by atoms with van der Waals surface area (Å²) in [5, 5.41) is 9.24. The topological polar surface area (TPSA) is 76.2 Å². The zero-order valence-corrected chi connectivity index (χ0v) is 9.48. The van der Waals surface area contributed by atoms with E-state index in [9.17, 15) is 4.79 Å². The Labute approximate surface area is 103 Å². The maximum Gasteiger partial charge on any atom is 0.335 e. The van der Waals surface area contributed by atoms with Gasteiger partial charge in [0.15, 0.2) is 0 Å². The van der Waals surface area contributed by atoms with Crippen molar-refractivity contribution in [3.05, 3.63) is 47.1 Å². The molecule has 3 N–H and O–H groups in total. The zero-order valence-electron chi connectivity index (χ0n) is 8.72. The third-order valence-electron chi connectivity index (χ3n) is 2.31. The molecule has 0 saturated heterocycles. The molecule has 1 aromatic heterocycles. The number of nitrogens with zero attached hydrogens (tertiary/aromatic N) is 1. The van der Waals surface area contributed by atoms with E-state index >= 15 is 0 Å². The van der Waals surface area contributed by atoms with Crippen molar-refractivity contribution in [1.29, 1.82) is 0 Å². The first kappa shape index (κ1) is 11.4. The second-order valence-electron chi connectivity index (χ2n) is 3.48. The third-order valence-corrected chi connectivity index (χ3v) is 2.62. The van der Waals surface area contributed by atoms with Crippen molar-refractivity contribution in [3.8, 4) is 11.1 Å². The number of nitrogens with two attached hydrogens (primary N) is 1. The number of anilines is 1. The molecule has 0 spiro atoms. The molecule has 1 heterocycles. The summed E-state index contributed by atoms with van der Waals surface area (Å²) in [6.07, 6.45) is 1.56. The van der Waals surface area contributed by atoms with Crippen LogP contribution in [0.3, 0.4) is 0 Å². The first-order valence-corrected chi connectivity index (χ1v) is 5.20. The molecule has 0 aliphatic carbocycles. The summed E-state index contributed by atoms with van der Waals surface area (Å²) in [6, 6.07) is 8.20. The van der Waals surface area contributed by atoms with Crippen molar-refractivity contribution >= 4 is 23.4 Å². The van der Waals surface area contributed by atoms with E-state index in [1.807, 2.05) is 0 Å². The predicted molar refractivity (Wildman–Crippen MR) is 66.1 cm³/mol. The summed E-state index contributed by atoms with van der Waals surface area (Å²) in [6.45, 7) is 0. The van der Waals surface area contributed by atoms with E-state index in [1.54, 1.807) is 30.5 Å². The molecule has 0 radical (unpaired) electrons. The van der Waals surface area contributed by atoms with Crippen LogP contribution >= 0.6 is 11.6 Å².